The van der Waals surface area contributed by atoms with Crippen LogP contribution in [0, 0.1) is 0 Å². The minimum Gasteiger partial charge on any atom is -0.191 e. The predicted octanol–water partition coefficient (Wildman–Crippen LogP) is 4.76. The largest absolute Gasteiger partial charge is 0.458 e. The fourth-order valence-corrected chi connectivity index (χ4v) is 1.28. The third-order valence-electron chi connectivity index (χ3n) is 1.64. The zero-order valence-electron chi connectivity index (χ0n) is 6.88. The molecular weight excluding hydrogens is 306 g/mol. The summed E-state index contributed by atoms with van der Waals surface area (Å²) >= 11 is 8.31. The average Bonchev–Trinajstić information content (AvgIpc) is 2.07. The van der Waals surface area contributed by atoms with Gasteiger partial charge in [0.2, 0.25) is 0 Å². The Hall–Kier alpha value is -0.360. The fraction of sp³-hybridized carbons (Fsp3) is 0.250. The van der Waals surface area contributed by atoms with Crippen LogP contribution < -0.4 is 0 Å². The first-order valence-electron chi connectivity index (χ1n) is 3.56. The van der Waals surface area contributed by atoms with Gasteiger partial charge >= 0.3 is 12.1 Å². The van der Waals surface area contributed by atoms with Gasteiger partial charge in [0.1, 0.15) is 0 Å². The molecular formula is C8H3BrClF5. The Kier molecular flexibility index (Phi) is 3.30. The highest BCUT2D eigenvalue weighted by Gasteiger charge is 2.58. The molecule has 84 valence electrons. The van der Waals surface area contributed by atoms with Gasteiger partial charge in [-0.2, -0.15) is 22.0 Å². The molecule has 7 heteroatoms. The van der Waals surface area contributed by atoms with Gasteiger partial charge in [-0.25, -0.2) is 0 Å². The highest BCUT2D eigenvalue weighted by molar-refractivity contribution is 9.10. The molecule has 0 saturated heterocycles. The zero-order chi connectivity index (χ0) is 11.9. The van der Waals surface area contributed by atoms with E-state index in [4.69, 9.17) is 11.6 Å². The molecule has 0 heterocycles. The first-order chi connectivity index (χ1) is 6.66. The van der Waals surface area contributed by atoms with Crippen LogP contribution in [0.3, 0.4) is 0 Å². The number of rotatable bonds is 1. The van der Waals surface area contributed by atoms with Crippen molar-refractivity contribution in [2.75, 3.05) is 0 Å². The van der Waals surface area contributed by atoms with Crippen molar-refractivity contribution in [1.29, 1.82) is 0 Å². The molecule has 0 bridgehead atoms. The van der Waals surface area contributed by atoms with Gasteiger partial charge in [0.25, 0.3) is 0 Å². The van der Waals surface area contributed by atoms with Crippen molar-refractivity contribution in [3.8, 4) is 0 Å². The number of hydrogen-bond acceptors (Lipinski definition) is 0. The minimum absolute atomic E-state index is 0.198. The van der Waals surface area contributed by atoms with Gasteiger partial charge in [0.15, 0.2) is 0 Å². The van der Waals surface area contributed by atoms with Crippen molar-refractivity contribution in [1.82, 2.24) is 0 Å². The van der Waals surface area contributed by atoms with Crippen LogP contribution in [0.1, 0.15) is 5.56 Å². The van der Waals surface area contributed by atoms with Gasteiger partial charge in [0.05, 0.1) is 5.02 Å². The summed E-state index contributed by atoms with van der Waals surface area (Å²) in [5.41, 5.74) is -1.18. The lowest BCUT2D eigenvalue weighted by molar-refractivity contribution is -0.289. The summed E-state index contributed by atoms with van der Waals surface area (Å²) in [5.74, 6) is -4.89. The Bertz CT molecular complexity index is 374. The van der Waals surface area contributed by atoms with E-state index in [2.05, 4.69) is 15.9 Å². The summed E-state index contributed by atoms with van der Waals surface area (Å²) in [4.78, 5) is 0. The molecule has 0 unspecified atom stereocenters. The second-order valence-electron chi connectivity index (χ2n) is 2.70. The van der Waals surface area contributed by atoms with E-state index in [9.17, 15) is 22.0 Å². The third kappa shape index (κ3) is 2.42. The van der Waals surface area contributed by atoms with Crippen LogP contribution in [0.4, 0.5) is 22.0 Å². The Labute approximate surface area is 95.2 Å². The molecule has 15 heavy (non-hydrogen) atoms. The molecule has 0 amide bonds. The molecule has 1 aromatic rings. The molecule has 1 aromatic carbocycles. The Morgan fingerprint density at radius 3 is 2.00 bits per heavy atom. The van der Waals surface area contributed by atoms with E-state index in [1.807, 2.05) is 0 Å². The van der Waals surface area contributed by atoms with E-state index in [0.717, 1.165) is 6.07 Å². The maximum absolute atomic E-state index is 12.8. The Morgan fingerprint density at radius 1 is 1.07 bits per heavy atom. The highest BCUT2D eigenvalue weighted by Crippen LogP contribution is 2.44. The van der Waals surface area contributed by atoms with E-state index >= 15 is 0 Å². The van der Waals surface area contributed by atoms with Crippen molar-refractivity contribution in [3.63, 3.8) is 0 Å². The van der Waals surface area contributed by atoms with Gasteiger partial charge < -0.3 is 0 Å². The van der Waals surface area contributed by atoms with Gasteiger partial charge in [-0.1, -0.05) is 17.7 Å². The Balaban J connectivity index is 3.22. The maximum atomic E-state index is 12.8. The second-order valence-corrected chi connectivity index (χ2v) is 3.96. The van der Waals surface area contributed by atoms with Gasteiger partial charge in [-0.15, -0.1) is 0 Å². The highest BCUT2D eigenvalue weighted by atomic mass is 79.9. The predicted molar refractivity (Wildman–Crippen MR) is 49.1 cm³/mol. The van der Waals surface area contributed by atoms with Crippen molar-refractivity contribution in [2.45, 2.75) is 12.1 Å². The van der Waals surface area contributed by atoms with Crippen molar-refractivity contribution >= 4 is 27.5 Å². The molecule has 0 nitrogen and oxygen atoms in total. The lowest BCUT2D eigenvalue weighted by Gasteiger charge is -2.20. The Morgan fingerprint density at radius 2 is 1.60 bits per heavy atom. The quantitative estimate of drug-likeness (QED) is 0.656. The summed E-state index contributed by atoms with van der Waals surface area (Å²) < 4.78 is 61.6. The van der Waals surface area contributed by atoms with Crippen LogP contribution in [0.2, 0.25) is 5.02 Å². The van der Waals surface area contributed by atoms with Crippen LogP contribution in [0.15, 0.2) is 22.7 Å². The fourth-order valence-electron chi connectivity index (χ4n) is 0.855. The molecule has 0 aliphatic carbocycles. The SMILES string of the molecule is FC(F)(F)C(F)(F)c1ccc(Br)c(Cl)c1. The monoisotopic (exact) mass is 308 g/mol. The molecule has 0 fully saturated rings. The molecule has 0 saturated carbocycles. The zero-order valence-corrected chi connectivity index (χ0v) is 9.22. The number of halogens is 7. The van der Waals surface area contributed by atoms with E-state index < -0.39 is 17.7 Å². The first kappa shape index (κ1) is 12.7. The summed E-state index contributed by atoms with van der Waals surface area (Å²) in [7, 11) is 0. The number of alkyl halides is 5. The lowest BCUT2D eigenvalue weighted by Crippen LogP contribution is -2.33. The van der Waals surface area contributed by atoms with Crippen molar-refractivity contribution in [2.24, 2.45) is 0 Å². The van der Waals surface area contributed by atoms with Crippen LogP contribution in [0.25, 0.3) is 0 Å². The number of hydrogen-bond donors (Lipinski definition) is 0. The van der Waals surface area contributed by atoms with Crippen molar-refractivity contribution < 1.29 is 22.0 Å². The molecule has 0 radical (unpaired) electrons. The molecule has 0 atom stereocenters. The average molecular weight is 309 g/mol. The van der Waals surface area contributed by atoms with E-state index in [1.54, 1.807) is 0 Å². The normalized spacial score (nSPS) is 13.0. The minimum atomic E-state index is -5.62. The van der Waals surface area contributed by atoms with Gasteiger partial charge in [-0.05, 0) is 28.1 Å². The molecule has 0 spiro atoms. The smallest absolute Gasteiger partial charge is 0.191 e. The standard InChI is InChI=1S/C8H3BrClF5/c9-5-2-1-4(3-6(5)10)7(11,12)8(13,14)15/h1-3H. The van der Waals surface area contributed by atoms with E-state index in [-0.39, 0.29) is 9.50 Å². The maximum Gasteiger partial charge on any atom is 0.458 e. The topological polar surface area (TPSA) is 0 Å². The van der Waals surface area contributed by atoms with Gasteiger partial charge in [0, 0.05) is 10.0 Å². The van der Waals surface area contributed by atoms with E-state index in [0.29, 0.717) is 12.1 Å². The first-order valence-corrected chi connectivity index (χ1v) is 4.73. The molecule has 0 N–H and O–H groups in total. The summed E-state index contributed by atoms with van der Waals surface area (Å²) in [5, 5.41) is -0.198. The van der Waals surface area contributed by atoms with Crippen LogP contribution in [-0.2, 0) is 5.92 Å². The summed E-state index contributed by atoms with van der Waals surface area (Å²) in [6, 6.07) is 2.29. The van der Waals surface area contributed by atoms with E-state index in [1.165, 1.54) is 0 Å². The summed E-state index contributed by atoms with van der Waals surface area (Å²) in [6.07, 6.45) is -5.62. The molecule has 0 aliphatic heterocycles. The molecule has 1 rings (SSSR count). The molecule has 0 aromatic heterocycles. The van der Waals surface area contributed by atoms with Crippen LogP contribution in [0.5, 0.6) is 0 Å². The van der Waals surface area contributed by atoms with Gasteiger partial charge in [-0.3, -0.25) is 0 Å². The van der Waals surface area contributed by atoms with Crippen LogP contribution in [-0.4, -0.2) is 6.18 Å². The molecule has 0 aliphatic rings. The third-order valence-corrected chi connectivity index (χ3v) is 2.87. The second kappa shape index (κ2) is 3.90. The van der Waals surface area contributed by atoms with Crippen LogP contribution >= 0.6 is 27.5 Å². The number of benzene rings is 1. The summed E-state index contributed by atoms with van der Waals surface area (Å²) in [6.45, 7) is 0. The lowest BCUT2D eigenvalue weighted by atomic mass is 10.1. The van der Waals surface area contributed by atoms with Crippen molar-refractivity contribution in [3.05, 3.63) is 33.3 Å².